The molecule has 2 aliphatic rings. The van der Waals surface area contributed by atoms with Crippen LogP contribution in [0.3, 0.4) is 0 Å². The second kappa shape index (κ2) is 3.41. The Hall–Kier alpha value is -0.770. The third-order valence-corrected chi connectivity index (χ3v) is 4.92. The molecule has 1 saturated heterocycles. The van der Waals surface area contributed by atoms with Crippen LogP contribution < -0.4 is 4.90 Å². The summed E-state index contributed by atoms with van der Waals surface area (Å²) in [6, 6.07) is 4.89. The van der Waals surface area contributed by atoms with E-state index in [1.807, 2.05) is 13.8 Å². The third kappa shape index (κ3) is 1.33. The van der Waals surface area contributed by atoms with Crippen molar-refractivity contribution in [3.05, 3.63) is 28.2 Å². The molecule has 1 heterocycles. The first kappa shape index (κ1) is 12.3. The lowest BCUT2D eigenvalue weighted by Gasteiger charge is -2.26. The third-order valence-electron chi connectivity index (χ3n) is 4.49. The molecule has 3 atom stereocenters. The van der Waals surface area contributed by atoms with Crippen molar-refractivity contribution in [2.24, 2.45) is 10.8 Å². The summed E-state index contributed by atoms with van der Waals surface area (Å²) in [6.45, 7) is 3.83. The molecule has 3 nitrogen and oxygen atoms in total. The van der Waals surface area contributed by atoms with Gasteiger partial charge in [-0.3, -0.25) is 9.69 Å². The van der Waals surface area contributed by atoms with Crippen LogP contribution >= 0.6 is 23.2 Å². The molecular formula is C13H13Cl2NO2. The molecule has 1 aliphatic carbocycles. The number of halogens is 2. The normalized spacial score (nSPS) is 37.9. The lowest BCUT2D eigenvalue weighted by atomic mass is 9.99. The molecule has 3 unspecified atom stereocenters. The SMILES string of the molecule is CC12CC1(C)C(O)N(c1cc(Cl)cc(Cl)c1)C2=O. The summed E-state index contributed by atoms with van der Waals surface area (Å²) >= 11 is 11.9. The Bertz CT molecular complexity index is 542. The van der Waals surface area contributed by atoms with Crippen LogP contribution in [-0.4, -0.2) is 17.2 Å². The minimum absolute atomic E-state index is 0.0594. The van der Waals surface area contributed by atoms with E-state index in [9.17, 15) is 9.90 Å². The van der Waals surface area contributed by atoms with Gasteiger partial charge in [0.15, 0.2) is 0 Å². The van der Waals surface area contributed by atoms with E-state index < -0.39 is 11.6 Å². The molecule has 3 rings (SSSR count). The number of carbonyl (C=O) groups is 1. The molecule has 1 saturated carbocycles. The second-order valence-electron chi connectivity index (χ2n) is 5.60. The van der Waals surface area contributed by atoms with E-state index >= 15 is 0 Å². The summed E-state index contributed by atoms with van der Waals surface area (Å²) in [5, 5.41) is 11.3. The Morgan fingerprint density at radius 2 is 1.83 bits per heavy atom. The van der Waals surface area contributed by atoms with E-state index in [-0.39, 0.29) is 11.3 Å². The van der Waals surface area contributed by atoms with Crippen molar-refractivity contribution >= 4 is 34.8 Å². The molecule has 1 aromatic rings. The minimum Gasteiger partial charge on any atom is -0.373 e. The fraction of sp³-hybridized carbons (Fsp3) is 0.462. The molecule has 2 fully saturated rings. The van der Waals surface area contributed by atoms with Crippen molar-refractivity contribution in [3.8, 4) is 0 Å². The topological polar surface area (TPSA) is 40.5 Å². The zero-order valence-corrected chi connectivity index (χ0v) is 11.6. The van der Waals surface area contributed by atoms with Gasteiger partial charge in [-0.15, -0.1) is 0 Å². The molecule has 1 aromatic carbocycles. The van der Waals surface area contributed by atoms with E-state index in [4.69, 9.17) is 23.2 Å². The standard InChI is InChI=1S/C13H13Cl2NO2/c1-12-6-13(12,2)11(18)16(10(12)17)9-4-7(14)3-8(15)5-9/h3-5,10,17H,6H2,1-2H3. The zero-order valence-electron chi connectivity index (χ0n) is 10.1. The van der Waals surface area contributed by atoms with Gasteiger partial charge in [-0.2, -0.15) is 0 Å². The van der Waals surface area contributed by atoms with Crippen molar-refractivity contribution < 1.29 is 9.90 Å². The largest absolute Gasteiger partial charge is 0.373 e. The van der Waals surface area contributed by atoms with E-state index in [0.29, 0.717) is 15.7 Å². The summed E-state index contributed by atoms with van der Waals surface area (Å²) in [4.78, 5) is 13.8. The number of rotatable bonds is 1. The van der Waals surface area contributed by atoms with Gasteiger partial charge in [0.2, 0.25) is 5.91 Å². The minimum atomic E-state index is -0.815. The van der Waals surface area contributed by atoms with Crippen LogP contribution in [0.4, 0.5) is 5.69 Å². The monoisotopic (exact) mass is 285 g/mol. The van der Waals surface area contributed by atoms with E-state index in [1.165, 1.54) is 4.90 Å². The van der Waals surface area contributed by atoms with Gasteiger partial charge in [-0.25, -0.2) is 0 Å². The number of benzene rings is 1. The first-order valence-electron chi connectivity index (χ1n) is 5.77. The molecule has 0 bridgehead atoms. The van der Waals surface area contributed by atoms with E-state index in [2.05, 4.69) is 0 Å². The molecule has 1 N–H and O–H groups in total. The first-order chi connectivity index (χ1) is 8.29. The van der Waals surface area contributed by atoms with Crippen LogP contribution in [0.25, 0.3) is 0 Å². The fourth-order valence-corrected chi connectivity index (χ4v) is 3.50. The molecule has 0 spiro atoms. The number of piperidine rings is 1. The number of aliphatic hydroxyl groups excluding tert-OH is 1. The summed E-state index contributed by atoms with van der Waals surface area (Å²) < 4.78 is 0. The predicted molar refractivity (Wildman–Crippen MR) is 70.8 cm³/mol. The molecule has 5 heteroatoms. The Morgan fingerprint density at radius 1 is 1.28 bits per heavy atom. The number of anilines is 1. The maximum Gasteiger partial charge on any atom is 0.235 e. The second-order valence-corrected chi connectivity index (χ2v) is 6.48. The number of amides is 1. The highest BCUT2D eigenvalue weighted by molar-refractivity contribution is 6.35. The van der Waals surface area contributed by atoms with Crippen LogP contribution in [0.15, 0.2) is 18.2 Å². The summed E-state index contributed by atoms with van der Waals surface area (Å²) in [7, 11) is 0. The zero-order chi connectivity index (χ0) is 13.3. The molecule has 18 heavy (non-hydrogen) atoms. The Morgan fingerprint density at radius 3 is 2.28 bits per heavy atom. The molecule has 96 valence electrons. The fourth-order valence-electron chi connectivity index (χ4n) is 2.99. The summed E-state index contributed by atoms with van der Waals surface area (Å²) in [5.74, 6) is -0.0594. The van der Waals surface area contributed by atoms with Crippen LogP contribution in [0.2, 0.25) is 10.0 Å². The molecule has 1 amide bonds. The first-order valence-corrected chi connectivity index (χ1v) is 6.53. The van der Waals surface area contributed by atoms with Crippen LogP contribution in [-0.2, 0) is 4.79 Å². The summed E-state index contributed by atoms with van der Waals surface area (Å²) in [5.41, 5.74) is -0.264. The van der Waals surface area contributed by atoms with E-state index in [1.54, 1.807) is 18.2 Å². The molecule has 0 radical (unpaired) electrons. The lowest BCUT2D eigenvalue weighted by molar-refractivity contribution is -0.122. The number of aliphatic hydroxyl groups is 1. The van der Waals surface area contributed by atoms with Gasteiger partial charge in [0.05, 0.1) is 5.41 Å². The Balaban J connectivity index is 2.06. The highest BCUT2D eigenvalue weighted by atomic mass is 35.5. The van der Waals surface area contributed by atoms with Crippen LogP contribution in [0.5, 0.6) is 0 Å². The van der Waals surface area contributed by atoms with E-state index in [0.717, 1.165) is 6.42 Å². The lowest BCUT2D eigenvalue weighted by Crippen LogP contribution is -2.39. The van der Waals surface area contributed by atoms with Crippen molar-refractivity contribution in [1.82, 2.24) is 0 Å². The van der Waals surface area contributed by atoms with Gasteiger partial charge in [-0.1, -0.05) is 37.0 Å². The quantitative estimate of drug-likeness (QED) is 0.862. The average molecular weight is 286 g/mol. The molecular weight excluding hydrogens is 273 g/mol. The molecule has 0 aromatic heterocycles. The van der Waals surface area contributed by atoms with Gasteiger partial charge < -0.3 is 5.11 Å². The van der Waals surface area contributed by atoms with Crippen molar-refractivity contribution in [3.63, 3.8) is 0 Å². The van der Waals surface area contributed by atoms with Gasteiger partial charge in [-0.05, 0) is 24.6 Å². The molecule has 1 aliphatic heterocycles. The van der Waals surface area contributed by atoms with Crippen LogP contribution in [0.1, 0.15) is 20.3 Å². The van der Waals surface area contributed by atoms with Gasteiger partial charge in [0, 0.05) is 21.1 Å². The maximum atomic E-state index is 12.4. The van der Waals surface area contributed by atoms with Crippen molar-refractivity contribution in [2.45, 2.75) is 26.5 Å². The number of carbonyl (C=O) groups excluding carboxylic acids is 1. The van der Waals surface area contributed by atoms with Gasteiger partial charge in [0.1, 0.15) is 6.23 Å². The number of nitrogens with zero attached hydrogens (tertiary/aromatic N) is 1. The number of fused-ring (bicyclic) bond motifs is 1. The number of hydrogen-bond donors (Lipinski definition) is 1. The number of hydrogen-bond acceptors (Lipinski definition) is 2. The highest BCUT2D eigenvalue weighted by Crippen LogP contribution is 2.71. The average Bonchev–Trinajstić information content (AvgIpc) is 2.78. The van der Waals surface area contributed by atoms with Gasteiger partial charge in [0.25, 0.3) is 0 Å². The highest BCUT2D eigenvalue weighted by Gasteiger charge is 2.76. The van der Waals surface area contributed by atoms with Crippen molar-refractivity contribution in [1.29, 1.82) is 0 Å². The maximum absolute atomic E-state index is 12.4. The van der Waals surface area contributed by atoms with Gasteiger partial charge >= 0.3 is 0 Å². The Kier molecular flexibility index (Phi) is 2.32. The predicted octanol–water partition coefficient (Wildman–Crippen LogP) is 3.07. The van der Waals surface area contributed by atoms with Crippen LogP contribution in [0, 0.1) is 10.8 Å². The van der Waals surface area contributed by atoms with Crippen molar-refractivity contribution in [2.75, 3.05) is 4.90 Å². The smallest absolute Gasteiger partial charge is 0.235 e. The summed E-state index contributed by atoms with van der Waals surface area (Å²) in [6.07, 6.45) is -0.0883. The Labute approximate surface area is 115 Å².